The van der Waals surface area contributed by atoms with Gasteiger partial charge in [-0.25, -0.2) is 0 Å². The van der Waals surface area contributed by atoms with Gasteiger partial charge in [0.25, 0.3) is 5.69 Å². The van der Waals surface area contributed by atoms with E-state index in [9.17, 15) is 10.1 Å². The molecule has 0 bridgehead atoms. The van der Waals surface area contributed by atoms with Crippen molar-refractivity contribution >= 4 is 11.4 Å². The number of nitro groups is 1. The molecule has 1 aromatic carbocycles. The molecule has 0 aromatic heterocycles. The summed E-state index contributed by atoms with van der Waals surface area (Å²) in [6.07, 6.45) is 0. The van der Waals surface area contributed by atoms with Gasteiger partial charge in [0.1, 0.15) is 0 Å². The fourth-order valence-electron chi connectivity index (χ4n) is 1.45. The molecule has 0 saturated heterocycles. The van der Waals surface area contributed by atoms with Crippen molar-refractivity contribution in [3.8, 4) is 12.1 Å². The average Bonchev–Trinajstić information content (AvgIpc) is 2.32. The Balaban J connectivity index is 2.95. The van der Waals surface area contributed by atoms with Crippen molar-refractivity contribution in [1.82, 2.24) is 4.90 Å². The van der Waals surface area contributed by atoms with Crippen LogP contribution in [0.15, 0.2) is 18.2 Å². The summed E-state index contributed by atoms with van der Waals surface area (Å²) in [5, 5.41) is 27.9. The summed E-state index contributed by atoms with van der Waals surface area (Å²) in [7, 11) is 0. The van der Waals surface area contributed by atoms with Crippen molar-refractivity contribution < 1.29 is 4.92 Å². The second-order valence-corrected chi connectivity index (χ2v) is 3.60. The zero-order valence-electron chi connectivity index (χ0n) is 9.54. The standard InChI is InChI=1S/C11H11N5O2/c12-3-5-15(6-4-13)8-9-7-10(16(17)18)1-2-11(9)14/h1-2,7H,5-6,8,14H2. The van der Waals surface area contributed by atoms with E-state index < -0.39 is 4.92 Å². The highest BCUT2D eigenvalue weighted by Crippen LogP contribution is 2.20. The number of rotatable bonds is 5. The second-order valence-electron chi connectivity index (χ2n) is 3.60. The van der Waals surface area contributed by atoms with Crippen molar-refractivity contribution in [2.24, 2.45) is 0 Å². The number of hydrogen-bond acceptors (Lipinski definition) is 6. The van der Waals surface area contributed by atoms with Crippen LogP contribution in [0.3, 0.4) is 0 Å². The van der Waals surface area contributed by atoms with Crippen molar-refractivity contribution in [3.05, 3.63) is 33.9 Å². The molecule has 0 atom stereocenters. The minimum atomic E-state index is -0.512. The molecular formula is C11H11N5O2. The molecule has 0 amide bonds. The maximum atomic E-state index is 10.6. The number of nitrogens with two attached hydrogens (primary N) is 1. The van der Waals surface area contributed by atoms with Crippen LogP contribution in [0, 0.1) is 32.8 Å². The van der Waals surface area contributed by atoms with Gasteiger partial charge in [-0.2, -0.15) is 10.5 Å². The Morgan fingerprint density at radius 3 is 2.44 bits per heavy atom. The Morgan fingerprint density at radius 2 is 1.94 bits per heavy atom. The lowest BCUT2D eigenvalue weighted by molar-refractivity contribution is -0.384. The lowest BCUT2D eigenvalue weighted by Gasteiger charge is -2.16. The number of nitriles is 2. The summed E-state index contributed by atoms with van der Waals surface area (Å²) in [5.41, 5.74) is 6.59. The van der Waals surface area contributed by atoms with Crippen molar-refractivity contribution in [3.63, 3.8) is 0 Å². The molecule has 0 spiro atoms. The Labute approximate surface area is 104 Å². The monoisotopic (exact) mass is 245 g/mol. The van der Waals surface area contributed by atoms with Crippen LogP contribution >= 0.6 is 0 Å². The zero-order chi connectivity index (χ0) is 13.5. The van der Waals surface area contributed by atoms with Crippen LogP contribution in [0.5, 0.6) is 0 Å². The molecule has 7 heteroatoms. The number of hydrogen-bond donors (Lipinski definition) is 1. The van der Waals surface area contributed by atoms with Gasteiger partial charge in [0, 0.05) is 24.4 Å². The van der Waals surface area contributed by atoms with Gasteiger partial charge in [0.2, 0.25) is 0 Å². The van der Waals surface area contributed by atoms with Gasteiger partial charge in [0.15, 0.2) is 0 Å². The summed E-state index contributed by atoms with van der Waals surface area (Å²) >= 11 is 0. The van der Waals surface area contributed by atoms with Crippen LogP contribution < -0.4 is 5.73 Å². The van der Waals surface area contributed by atoms with Gasteiger partial charge in [-0.1, -0.05) is 0 Å². The highest BCUT2D eigenvalue weighted by atomic mass is 16.6. The van der Waals surface area contributed by atoms with Gasteiger partial charge >= 0.3 is 0 Å². The maximum absolute atomic E-state index is 10.6. The Bertz CT molecular complexity index is 513. The SMILES string of the molecule is N#CCN(CC#N)Cc1cc([N+](=O)[O-])ccc1N. The highest BCUT2D eigenvalue weighted by molar-refractivity contribution is 5.52. The first kappa shape index (κ1) is 13.4. The average molecular weight is 245 g/mol. The maximum Gasteiger partial charge on any atom is 0.269 e. The third-order valence-electron chi connectivity index (χ3n) is 2.32. The summed E-state index contributed by atoms with van der Waals surface area (Å²) < 4.78 is 0. The molecule has 0 radical (unpaired) electrons. The van der Waals surface area contributed by atoms with Crippen LogP contribution in [0.25, 0.3) is 0 Å². The molecule has 0 aliphatic carbocycles. The van der Waals surface area contributed by atoms with E-state index in [-0.39, 0.29) is 25.3 Å². The number of nitrogen functional groups attached to an aromatic ring is 1. The van der Waals surface area contributed by atoms with E-state index in [1.807, 2.05) is 12.1 Å². The fourth-order valence-corrected chi connectivity index (χ4v) is 1.45. The third kappa shape index (κ3) is 3.44. The van der Waals surface area contributed by atoms with Gasteiger partial charge in [-0.3, -0.25) is 15.0 Å². The molecule has 2 N–H and O–H groups in total. The molecule has 0 fully saturated rings. The van der Waals surface area contributed by atoms with Gasteiger partial charge in [0.05, 0.1) is 30.2 Å². The predicted molar refractivity (Wildman–Crippen MR) is 64.0 cm³/mol. The predicted octanol–water partition coefficient (Wildman–Crippen LogP) is 1.03. The molecule has 18 heavy (non-hydrogen) atoms. The van der Waals surface area contributed by atoms with Crippen molar-refractivity contribution in [1.29, 1.82) is 10.5 Å². The van der Waals surface area contributed by atoms with E-state index in [1.165, 1.54) is 18.2 Å². The molecule has 0 heterocycles. The zero-order valence-corrected chi connectivity index (χ0v) is 9.54. The third-order valence-corrected chi connectivity index (χ3v) is 2.32. The first-order valence-electron chi connectivity index (χ1n) is 5.07. The molecule has 0 unspecified atom stereocenters. The van der Waals surface area contributed by atoms with Crippen LogP contribution in [-0.2, 0) is 6.54 Å². The second kappa shape index (κ2) is 6.18. The smallest absolute Gasteiger partial charge is 0.269 e. The Morgan fingerprint density at radius 1 is 1.33 bits per heavy atom. The number of anilines is 1. The largest absolute Gasteiger partial charge is 0.398 e. The van der Waals surface area contributed by atoms with Crippen molar-refractivity contribution in [2.75, 3.05) is 18.8 Å². The summed E-state index contributed by atoms with van der Waals surface area (Å²) in [6, 6.07) is 7.98. The van der Waals surface area contributed by atoms with Crippen LogP contribution in [-0.4, -0.2) is 22.9 Å². The molecular weight excluding hydrogens is 234 g/mol. The van der Waals surface area contributed by atoms with Gasteiger partial charge < -0.3 is 5.73 Å². The van der Waals surface area contributed by atoms with Gasteiger partial charge in [-0.15, -0.1) is 0 Å². The molecule has 1 aromatic rings. The number of benzene rings is 1. The van der Waals surface area contributed by atoms with Crippen LogP contribution in [0.2, 0.25) is 0 Å². The summed E-state index contributed by atoms with van der Waals surface area (Å²) in [5.74, 6) is 0. The van der Waals surface area contributed by atoms with E-state index in [0.29, 0.717) is 11.3 Å². The van der Waals surface area contributed by atoms with E-state index in [1.54, 1.807) is 4.90 Å². The van der Waals surface area contributed by atoms with Crippen LogP contribution in [0.1, 0.15) is 5.56 Å². The summed E-state index contributed by atoms with van der Waals surface area (Å²) in [6.45, 7) is 0.361. The topological polar surface area (TPSA) is 120 Å². The minimum absolute atomic E-state index is 0.0620. The fraction of sp³-hybridized carbons (Fsp3) is 0.273. The molecule has 0 aliphatic rings. The molecule has 1 rings (SSSR count). The first-order chi connectivity index (χ1) is 8.58. The number of non-ortho nitro benzene ring substituents is 1. The van der Waals surface area contributed by atoms with E-state index in [4.69, 9.17) is 16.3 Å². The highest BCUT2D eigenvalue weighted by Gasteiger charge is 2.12. The summed E-state index contributed by atoms with van der Waals surface area (Å²) in [4.78, 5) is 11.7. The van der Waals surface area contributed by atoms with E-state index in [2.05, 4.69) is 0 Å². The minimum Gasteiger partial charge on any atom is -0.398 e. The number of nitrogens with zero attached hydrogens (tertiary/aromatic N) is 4. The van der Waals surface area contributed by atoms with Crippen LogP contribution in [0.4, 0.5) is 11.4 Å². The number of nitro benzene ring substituents is 1. The quantitative estimate of drug-likeness (QED) is 0.358. The molecule has 0 aliphatic heterocycles. The van der Waals surface area contributed by atoms with Crippen molar-refractivity contribution in [2.45, 2.75) is 6.54 Å². The normalized spacial score (nSPS) is 9.72. The lowest BCUT2D eigenvalue weighted by atomic mass is 10.1. The molecule has 92 valence electrons. The van der Waals surface area contributed by atoms with E-state index >= 15 is 0 Å². The molecule has 7 nitrogen and oxygen atoms in total. The first-order valence-corrected chi connectivity index (χ1v) is 5.07. The Hall–Kier alpha value is -2.64. The lowest BCUT2D eigenvalue weighted by Crippen LogP contribution is -2.24. The van der Waals surface area contributed by atoms with E-state index in [0.717, 1.165) is 0 Å². The van der Waals surface area contributed by atoms with Gasteiger partial charge in [-0.05, 0) is 11.6 Å². The Kier molecular flexibility index (Phi) is 4.61. The molecule has 0 saturated carbocycles.